The first-order valence-corrected chi connectivity index (χ1v) is 6.51. The normalized spacial score (nSPS) is 26.8. The van der Waals surface area contributed by atoms with Gasteiger partial charge in [0.25, 0.3) is 0 Å². The second-order valence-corrected chi connectivity index (χ2v) is 6.27. The van der Waals surface area contributed by atoms with Gasteiger partial charge in [0.1, 0.15) is 0 Å². The number of hydrogen-bond donors (Lipinski definition) is 0. The van der Waals surface area contributed by atoms with E-state index in [0.717, 1.165) is 0 Å². The average Bonchev–Trinajstić information content (AvgIpc) is 2.38. The number of benzene rings is 1. The van der Waals surface area contributed by atoms with Crippen molar-refractivity contribution in [3.8, 4) is 0 Å². The molecule has 0 aliphatic heterocycles. The zero-order valence-corrected chi connectivity index (χ0v) is 11.4. The zero-order chi connectivity index (χ0) is 12.0. The molecule has 0 spiro atoms. The molecule has 1 aromatic rings. The molecule has 0 fully saturated rings. The fourth-order valence-electron chi connectivity index (χ4n) is 3.35. The van der Waals surface area contributed by atoms with Crippen molar-refractivity contribution in [2.24, 2.45) is 5.41 Å². The molecule has 1 atom stereocenters. The quantitative estimate of drug-likeness (QED) is 0.676. The molecule has 0 amide bonds. The first kappa shape index (κ1) is 11.7. The Hall–Kier alpha value is -0.780. The van der Waals surface area contributed by atoms with Gasteiger partial charge in [0.05, 0.1) is 0 Å². The molecule has 1 aliphatic carbocycles. The maximum atomic E-state index is 2.46. The van der Waals surface area contributed by atoms with Gasteiger partial charge in [0, 0.05) is 0 Å². The van der Waals surface area contributed by atoms with Gasteiger partial charge in [-0.25, -0.2) is 0 Å². The van der Waals surface area contributed by atoms with Crippen LogP contribution in [0.4, 0.5) is 0 Å². The first-order valence-electron chi connectivity index (χ1n) is 6.51. The van der Waals surface area contributed by atoms with Crippen LogP contribution in [0.3, 0.4) is 0 Å². The van der Waals surface area contributed by atoms with Crippen LogP contribution in [0.25, 0.3) is 0 Å². The molecule has 1 unspecified atom stereocenters. The Kier molecular flexibility index (Phi) is 2.64. The lowest BCUT2D eigenvalue weighted by molar-refractivity contribution is 0.177. The minimum Gasteiger partial charge on any atom is -0.0654 e. The Balaban J connectivity index is 2.49. The number of aryl methyl sites for hydroxylation is 1. The van der Waals surface area contributed by atoms with E-state index >= 15 is 0 Å². The van der Waals surface area contributed by atoms with Crippen molar-refractivity contribution in [3.05, 3.63) is 34.9 Å². The largest absolute Gasteiger partial charge is 0.0654 e. The van der Waals surface area contributed by atoms with Crippen LogP contribution in [-0.4, -0.2) is 0 Å². The van der Waals surface area contributed by atoms with Crippen LogP contribution in [0.15, 0.2) is 18.2 Å². The van der Waals surface area contributed by atoms with E-state index in [1.807, 2.05) is 0 Å². The summed E-state index contributed by atoms with van der Waals surface area (Å²) < 4.78 is 0. The standard InChI is InChI=1S/C16H24/c1-6-9-16(5)11-13-8-7-12(2)10-14(13)15(16,3)4/h7-8,10H,6,9,11H2,1-5H3. The maximum absolute atomic E-state index is 2.46. The van der Waals surface area contributed by atoms with Crippen molar-refractivity contribution in [2.75, 3.05) is 0 Å². The molecule has 0 heteroatoms. The molecule has 1 aromatic carbocycles. The smallest absolute Gasteiger partial charge is 0.00438 e. The third-order valence-corrected chi connectivity index (χ3v) is 4.83. The monoisotopic (exact) mass is 216 g/mol. The molecular formula is C16H24. The SMILES string of the molecule is CCCC1(C)Cc2ccc(C)cc2C1(C)C. The summed E-state index contributed by atoms with van der Waals surface area (Å²) in [6, 6.07) is 7.00. The van der Waals surface area contributed by atoms with E-state index < -0.39 is 0 Å². The van der Waals surface area contributed by atoms with E-state index in [4.69, 9.17) is 0 Å². The molecule has 1 aliphatic rings. The van der Waals surface area contributed by atoms with Crippen LogP contribution in [-0.2, 0) is 11.8 Å². The van der Waals surface area contributed by atoms with Gasteiger partial charge in [-0.2, -0.15) is 0 Å². The highest BCUT2D eigenvalue weighted by atomic mass is 14.5. The van der Waals surface area contributed by atoms with Crippen LogP contribution in [0.5, 0.6) is 0 Å². The fourth-order valence-corrected chi connectivity index (χ4v) is 3.35. The van der Waals surface area contributed by atoms with Crippen molar-refractivity contribution < 1.29 is 0 Å². The highest BCUT2D eigenvalue weighted by molar-refractivity contribution is 5.44. The van der Waals surface area contributed by atoms with Crippen molar-refractivity contribution >= 4 is 0 Å². The Bertz CT molecular complexity index is 400. The molecular weight excluding hydrogens is 192 g/mol. The summed E-state index contributed by atoms with van der Waals surface area (Å²) in [5.41, 5.74) is 5.32. The average molecular weight is 216 g/mol. The summed E-state index contributed by atoms with van der Waals surface area (Å²) >= 11 is 0. The van der Waals surface area contributed by atoms with Gasteiger partial charge in [-0.1, -0.05) is 57.9 Å². The Morgan fingerprint density at radius 2 is 1.88 bits per heavy atom. The number of rotatable bonds is 2. The zero-order valence-electron chi connectivity index (χ0n) is 11.4. The van der Waals surface area contributed by atoms with Gasteiger partial charge in [-0.3, -0.25) is 0 Å². The molecule has 0 N–H and O–H groups in total. The second-order valence-electron chi connectivity index (χ2n) is 6.27. The third-order valence-electron chi connectivity index (χ3n) is 4.83. The van der Waals surface area contributed by atoms with E-state index in [0.29, 0.717) is 10.8 Å². The first-order chi connectivity index (χ1) is 7.40. The summed E-state index contributed by atoms with van der Waals surface area (Å²) in [5.74, 6) is 0. The summed E-state index contributed by atoms with van der Waals surface area (Å²) in [6.07, 6.45) is 3.87. The molecule has 0 radical (unpaired) electrons. The molecule has 2 rings (SSSR count). The summed E-state index contributed by atoms with van der Waals surface area (Å²) in [6.45, 7) is 11.8. The lowest BCUT2D eigenvalue weighted by Gasteiger charge is -2.39. The molecule has 0 bridgehead atoms. The predicted octanol–water partition coefficient (Wildman–Crippen LogP) is 4.64. The Morgan fingerprint density at radius 3 is 2.50 bits per heavy atom. The van der Waals surface area contributed by atoms with Crippen molar-refractivity contribution in [1.29, 1.82) is 0 Å². The minimum absolute atomic E-state index is 0.324. The Morgan fingerprint density at radius 1 is 1.19 bits per heavy atom. The molecule has 88 valence electrons. The highest BCUT2D eigenvalue weighted by Gasteiger charge is 2.47. The summed E-state index contributed by atoms with van der Waals surface area (Å²) in [7, 11) is 0. The Labute approximate surface area is 100 Å². The molecule has 0 saturated heterocycles. The van der Waals surface area contributed by atoms with Gasteiger partial charge in [-0.05, 0) is 41.7 Å². The van der Waals surface area contributed by atoms with Crippen molar-refractivity contribution in [1.82, 2.24) is 0 Å². The van der Waals surface area contributed by atoms with Gasteiger partial charge in [-0.15, -0.1) is 0 Å². The van der Waals surface area contributed by atoms with Gasteiger partial charge >= 0.3 is 0 Å². The highest BCUT2D eigenvalue weighted by Crippen LogP contribution is 2.53. The van der Waals surface area contributed by atoms with E-state index in [-0.39, 0.29) is 0 Å². The molecule has 16 heavy (non-hydrogen) atoms. The topological polar surface area (TPSA) is 0 Å². The van der Waals surface area contributed by atoms with Crippen LogP contribution >= 0.6 is 0 Å². The third kappa shape index (κ3) is 1.50. The second kappa shape index (κ2) is 3.61. The number of hydrogen-bond acceptors (Lipinski definition) is 0. The van der Waals surface area contributed by atoms with Crippen LogP contribution in [0.1, 0.15) is 57.2 Å². The van der Waals surface area contributed by atoms with E-state index in [9.17, 15) is 0 Å². The van der Waals surface area contributed by atoms with Gasteiger partial charge in [0.15, 0.2) is 0 Å². The van der Waals surface area contributed by atoms with Crippen LogP contribution < -0.4 is 0 Å². The summed E-state index contributed by atoms with van der Waals surface area (Å²) in [4.78, 5) is 0. The summed E-state index contributed by atoms with van der Waals surface area (Å²) in [5, 5.41) is 0. The lowest BCUT2D eigenvalue weighted by Crippen LogP contribution is -2.35. The molecule has 0 saturated carbocycles. The van der Waals surface area contributed by atoms with Crippen LogP contribution in [0.2, 0.25) is 0 Å². The maximum Gasteiger partial charge on any atom is -0.00438 e. The molecule has 0 aromatic heterocycles. The van der Waals surface area contributed by atoms with Crippen molar-refractivity contribution in [3.63, 3.8) is 0 Å². The number of fused-ring (bicyclic) bond motifs is 1. The lowest BCUT2D eigenvalue weighted by atomic mass is 9.65. The van der Waals surface area contributed by atoms with Gasteiger partial charge < -0.3 is 0 Å². The van der Waals surface area contributed by atoms with E-state index in [1.165, 1.54) is 24.8 Å². The predicted molar refractivity (Wildman–Crippen MR) is 70.9 cm³/mol. The van der Waals surface area contributed by atoms with E-state index in [1.54, 1.807) is 11.1 Å². The van der Waals surface area contributed by atoms with Crippen molar-refractivity contribution in [2.45, 2.75) is 59.3 Å². The fraction of sp³-hybridized carbons (Fsp3) is 0.625. The minimum atomic E-state index is 0.324. The van der Waals surface area contributed by atoms with Crippen LogP contribution in [0, 0.1) is 12.3 Å². The molecule has 0 nitrogen and oxygen atoms in total. The van der Waals surface area contributed by atoms with Gasteiger partial charge in [0.2, 0.25) is 0 Å². The van der Waals surface area contributed by atoms with E-state index in [2.05, 4.69) is 52.8 Å². The molecule has 0 heterocycles.